The summed E-state index contributed by atoms with van der Waals surface area (Å²) in [6.45, 7) is 2.60. The molecule has 0 saturated carbocycles. The molecule has 3 heterocycles. The lowest BCUT2D eigenvalue weighted by atomic mass is 9.94. The number of aromatic nitrogens is 2. The number of likely N-dealkylation sites (tertiary alicyclic amines) is 1. The molecule has 1 aliphatic rings. The standard InChI is InChI=1S/C21H19F4N3O/c1-12-4-5-13(9-15(12)22)20(29)28-8-2-3-14(11-28)17-10-18-16(26-17)6-7-19(27-18)21(23,24)25/h4-7,9-10,14,26H,2-3,8,11H2,1H3. The number of nitrogens with one attached hydrogen (secondary N) is 1. The van der Waals surface area contributed by atoms with Gasteiger partial charge in [0.05, 0.1) is 11.0 Å². The fourth-order valence-electron chi connectivity index (χ4n) is 3.73. The van der Waals surface area contributed by atoms with Gasteiger partial charge in [-0.05, 0) is 55.7 Å². The van der Waals surface area contributed by atoms with Crippen molar-refractivity contribution in [2.45, 2.75) is 31.9 Å². The van der Waals surface area contributed by atoms with Crippen molar-refractivity contribution >= 4 is 16.9 Å². The van der Waals surface area contributed by atoms with Crippen molar-refractivity contribution in [3.63, 3.8) is 0 Å². The summed E-state index contributed by atoms with van der Waals surface area (Å²) in [6.07, 6.45) is -2.95. The van der Waals surface area contributed by atoms with Crippen molar-refractivity contribution < 1.29 is 22.4 Å². The van der Waals surface area contributed by atoms with E-state index in [0.717, 1.165) is 24.6 Å². The van der Waals surface area contributed by atoms with E-state index in [2.05, 4.69) is 9.97 Å². The van der Waals surface area contributed by atoms with Gasteiger partial charge in [-0.15, -0.1) is 0 Å². The van der Waals surface area contributed by atoms with E-state index >= 15 is 0 Å². The van der Waals surface area contributed by atoms with E-state index in [9.17, 15) is 22.4 Å². The van der Waals surface area contributed by atoms with Crippen LogP contribution in [0.3, 0.4) is 0 Å². The Morgan fingerprint density at radius 3 is 2.72 bits per heavy atom. The van der Waals surface area contributed by atoms with Crippen LogP contribution in [0.15, 0.2) is 36.4 Å². The first kappa shape index (κ1) is 19.4. The lowest BCUT2D eigenvalue weighted by molar-refractivity contribution is -0.140. The Balaban J connectivity index is 1.56. The van der Waals surface area contributed by atoms with E-state index in [-0.39, 0.29) is 17.3 Å². The van der Waals surface area contributed by atoms with Crippen LogP contribution in [0.25, 0.3) is 11.0 Å². The molecule has 1 fully saturated rings. The van der Waals surface area contributed by atoms with E-state index < -0.39 is 17.7 Å². The van der Waals surface area contributed by atoms with Crippen LogP contribution in [0.5, 0.6) is 0 Å². The number of aromatic amines is 1. The first-order chi connectivity index (χ1) is 13.7. The topological polar surface area (TPSA) is 49.0 Å². The largest absolute Gasteiger partial charge is 0.433 e. The molecule has 8 heteroatoms. The molecular weight excluding hydrogens is 386 g/mol. The van der Waals surface area contributed by atoms with E-state index in [4.69, 9.17) is 0 Å². The number of carbonyl (C=O) groups excluding carboxylic acids is 1. The summed E-state index contributed by atoms with van der Waals surface area (Å²) < 4.78 is 52.5. The fourth-order valence-corrected chi connectivity index (χ4v) is 3.73. The Morgan fingerprint density at radius 1 is 1.21 bits per heavy atom. The maximum Gasteiger partial charge on any atom is 0.433 e. The monoisotopic (exact) mass is 405 g/mol. The van der Waals surface area contributed by atoms with Crippen LogP contribution >= 0.6 is 0 Å². The number of H-pyrrole nitrogens is 1. The van der Waals surface area contributed by atoms with E-state index in [0.29, 0.717) is 29.7 Å². The van der Waals surface area contributed by atoms with Crippen molar-refractivity contribution in [1.29, 1.82) is 0 Å². The fraction of sp³-hybridized carbons (Fsp3) is 0.333. The molecule has 0 spiro atoms. The number of piperidine rings is 1. The average Bonchev–Trinajstić information content (AvgIpc) is 3.12. The Labute approximate surface area is 164 Å². The van der Waals surface area contributed by atoms with Crippen molar-refractivity contribution in [1.82, 2.24) is 14.9 Å². The third kappa shape index (κ3) is 3.83. The molecule has 1 saturated heterocycles. The number of amides is 1. The third-order valence-electron chi connectivity index (χ3n) is 5.35. The molecule has 3 aromatic rings. The summed E-state index contributed by atoms with van der Waals surface area (Å²) in [5.41, 5.74) is 1.36. The summed E-state index contributed by atoms with van der Waals surface area (Å²) in [6, 6.07) is 8.36. The predicted molar refractivity (Wildman–Crippen MR) is 100 cm³/mol. The third-order valence-corrected chi connectivity index (χ3v) is 5.35. The molecular formula is C21H19F4N3O. The number of hydrogen-bond donors (Lipinski definition) is 1. The highest BCUT2D eigenvalue weighted by atomic mass is 19.4. The summed E-state index contributed by atoms with van der Waals surface area (Å²) in [5, 5.41) is 0. The summed E-state index contributed by atoms with van der Waals surface area (Å²) in [4.78, 5) is 21.3. The van der Waals surface area contributed by atoms with Gasteiger partial charge in [0.2, 0.25) is 0 Å². The number of nitrogens with zero attached hydrogens (tertiary/aromatic N) is 2. The molecule has 2 aromatic heterocycles. The Hall–Kier alpha value is -2.90. The molecule has 4 rings (SSSR count). The molecule has 1 aromatic carbocycles. The summed E-state index contributed by atoms with van der Waals surface area (Å²) in [7, 11) is 0. The van der Waals surface area contributed by atoms with Crippen molar-refractivity contribution in [3.05, 3.63) is 64.7 Å². The summed E-state index contributed by atoms with van der Waals surface area (Å²) >= 11 is 0. The normalized spacial score (nSPS) is 17.7. The Morgan fingerprint density at radius 2 is 2.00 bits per heavy atom. The van der Waals surface area contributed by atoms with E-state index in [1.807, 2.05) is 0 Å². The van der Waals surface area contributed by atoms with Gasteiger partial charge >= 0.3 is 6.18 Å². The van der Waals surface area contributed by atoms with Gasteiger partial charge in [-0.2, -0.15) is 13.2 Å². The Bertz CT molecular complexity index is 1070. The molecule has 1 aliphatic heterocycles. The van der Waals surface area contributed by atoms with Crippen LogP contribution in [0.2, 0.25) is 0 Å². The van der Waals surface area contributed by atoms with Gasteiger partial charge < -0.3 is 9.88 Å². The van der Waals surface area contributed by atoms with Crippen molar-refractivity contribution in [2.75, 3.05) is 13.1 Å². The van der Waals surface area contributed by atoms with Gasteiger partial charge in [0.15, 0.2) is 0 Å². The smallest absolute Gasteiger partial charge is 0.357 e. The molecule has 1 N–H and O–H groups in total. The van der Waals surface area contributed by atoms with E-state index in [1.165, 1.54) is 12.1 Å². The number of pyridine rings is 1. The number of alkyl halides is 3. The van der Waals surface area contributed by atoms with Crippen LogP contribution in [-0.2, 0) is 6.18 Å². The molecule has 1 unspecified atom stereocenters. The quantitative estimate of drug-likeness (QED) is 0.607. The first-order valence-electron chi connectivity index (χ1n) is 9.34. The minimum atomic E-state index is -4.50. The zero-order valence-corrected chi connectivity index (χ0v) is 15.7. The zero-order chi connectivity index (χ0) is 20.8. The molecule has 4 nitrogen and oxygen atoms in total. The minimum absolute atomic E-state index is 0.0495. The average molecular weight is 405 g/mol. The second-order valence-electron chi connectivity index (χ2n) is 7.41. The number of aryl methyl sites for hydroxylation is 1. The number of halogens is 4. The number of benzene rings is 1. The highest BCUT2D eigenvalue weighted by Gasteiger charge is 2.33. The van der Waals surface area contributed by atoms with Gasteiger partial charge in [0.1, 0.15) is 11.5 Å². The SMILES string of the molecule is Cc1ccc(C(=O)N2CCCC(c3cc4nc(C(F)(F)F)ccc4[nH]3)C2)cc1F. The summed E-state index contributed by atoms with van der Waals surface area (Å²) in [5.74, 6) is -0.722. The number of hydrogen-bond acceptors (Lipinski definition) is 2. The van der Waals surface area contributed by atoms with Crippen LogP contribution in [0.4, 0.5) is 17.6 Å². The van der Waals surface area contributed by atoms with Gasteiger partial charge in [-0.25, -0.2) is 9.37 Å². The minimum Gasteiger partial charge on any atom is -0.357 e. The number of fused-ring (bicyclic) bond motifs is 1. The number of rotatable bonds is 2. The second-order valence-corrected chi connectivity index (χ2v) is 7.41. The lowest BCUT2D eigenvalue weighted by Crippen LogP contribution is -2.39. The zero-order valence-electron chi connectivity index (χ0n) is 15.7. The molecule has 0 radical (unpaired) electrons. The molecule has 29 heavy (non-hydrogen) atoms. The first-order valence-corrected chi connectivity index (χ1v) is 9.34. The maximum absolute atomic E-state index is 13.8. The van der Waals surface area contributed by atoms with Crippen molar-refractivity contribution in [3.8, 4) is 0 Å². The maximum atomic E-state index is 13.8. The van der Waals surface area contributed by atoms with Gasteiger partial charge in [0, 0.05) is 30.3 Å². The predicted octanol–water partition coefficient (Wildman–Crippen LogP) is 5.05. The van der Waals surface area contributed by atoms with Crippen LogP contribution in [-0.4, -0.2) is 33.9 Å². The molecule has 152 valence electrons. The van der Waals surface area contributed by atoms with Crippen LogP contribution < -0.4 is 0 Å². The number of carbonyl (C=O) groups is 1. The lowest BCUT2D eigenvalue weighted by Gasteiger charge is -2.32. The second kappa shape index (κ2) is 7.17. The van der Waals surface area contributed by atoms with E-state index in [1.54, 1.807) is 30.0 Å². The Kier molecular flexibility index (Phi) is 4.80. The molecule has 0 bridgehead atoms. The highest BCUT2D eigenvalue weighted by molar-refractivity contribution is 5.94. The molecule has 1 atom stereocenters. The van der Waals surface area contributed by atoms with Crippen LogP contribution in [0.1, 0.15) is 46.1 Å². The molecule has 0 aliphatic carbocycles. The molecule has 1 amide bonds. The van der Waals surface area contributed by atoms with Gasteiger partial charge in [-0.3, -0.25) is 4.79 Å². The van der Waals surface area contributed by atoms with Gasteiger partial charge in [0.25, 0.3) is 5.91 Å². The van der Waals surface area contributed by atoms with Gasteiger partial charge in [-0.1, -0.05) is 6.07 Å². The highest BCUT2D eigenvalue weighted by Crippen LogP contribution is 2.32. The van der Waals surface area contributed by atoms with Crippen LogP contribution in [0, 0.1) is 12.7 Å². The van der Waals surface area contributed by atoms with Crippen molar-refractivity contribution in [2.24, 2.45) is 0 Å².